The van der Waals surface area contributed by atoms with E-state index in [0.717, 1.165) is 110 Å². The highest BCUT2D eigenvalue weighted by atomic mass is 16.5. The molecule has 184 valence electrons. The number of rotatable bonds is 25. The predicted octanol–water partition coefficient (Wildman–Crippen LogP) is 4.07. The van der Waals surface area contributed by atoms with E-state index in [1.807, 2.05) is 0 Å². The molecule has 0 saturated carbocycles. The van der Waals surface area contributed by atoms with E-state index >= 15 is 0 Å². The Hall–Kier alpha value is -0.990. The van der Waals surface area contributed by atoms with Crippen molar-refractivity contribution in [3.8, 4) is 0 Å². The Morgan fingerprint density at radius 2 is 0.871 bits per heavy atom. The first-order valence-electron chi connectivity index (χ1n) is 11.9. The Morgan fingerprint density at radius 1 is 0.581 bits per heavy atom. The minimum absolute atomic E-state index is 0.247. The van der Waals surface area contributed by atoms with Gasteiger partial charge in [0.05, 0.1) is 6.61 Å². The van der Waals surface area contributed by atoms with Crippen LogP contribution in [-0.2, 0) is 28.5 Å². The molecule has 1 N–H and O–H groups in total. The third-order valence-electron chi connectivity index (χ3n) is 4.44. The van der Waals surface area contributed by atoms with Gasteiger partial charge < -0.3 is 28.8 Å². The summed E-state index contributed by atoms with van der Waals surface area (Å²) < 4.78 is 27.3. The van der Waals surface area contributed by atoms with Crippen molar-refractivity contribution in [1.29, 1.82) is 0 Å². The van der Waals surface area contributed by atoms with Gasteiger partial charge in [0.15, 0.2) is 0 Å². The van der Waals surface area contributed by atoms with Crippen LogP contribution in [0.2, 0.25) is 0 Å². The number of hydrogen-bond donors (Lipinski definition) is 1. The molecule has 0 aliphatic heterocycles. The highest BCUT2D eigenvalue weighted by Gasteiger charge is 2.01. The number of carbonyl (C=O) groups is 1. The van der Waals surface area contributed by atoms with E-state index in [1.165, 1.54) is 0 Å². The summed E-state index contributed by atoms with van der Waals surface area (Å²) >= 11 is 0. The fourth-order valence-electron chi connectivity index (χ4n) is 2.54. The molecule has 7 heteroatoms. The number of esters is 1. The molecule has 7 nitrogen and oxygen atoms in total. The number of aliphatic hydroxyl groups excluding tert-OH is 1. The van der Waals surface area contributed by atoms with Crippen molar-refractivity contribution >= 4 is 5.97 Å². The van der Waals surface area contributed by atoms with Crippen molar-refractivity contribution in [3.63, 3.8) is 0 Å². The summed E-state index contributed by atoms with van der Waals surface area (Å²) in [5.41, 5.74) is 0.436. The summed E-state index contributed by atoms with van der Waals surface area (Å²) in [6, 6.07) is 0. The minimum Gasteiger partial charge on any atom is -0.462 e. The third-order valence-corrected chi connectivity index (χ3v) is 4.44. The second-order valence-corrected chi connectivity index (χ2v) is 7.62. The van der Waals surface area contributed by atoms with Gasteiger partial charge >= 0.3 is 5.97 Å². The predicted molar refractivity (Wildman–Crippen MR) is 122 cm³/mol. The van der Waals surface area contributed by atoms with E-state index in [1.54, 1.807) is 6.92 Å². The lowest BCUT2D eigenvalue weighted by molar-refractivity contribution is -0.139. The number of carbonyl (C=O) groups excluding carboxylic acids is 1. The second-order valence-electron chi connectivity index (χ2n) is 7.62. The van der Waals surface area contributed by atoms with Crippen LogP contribution in [0.15, 0.2) is 12.2 Å². The molecule has 0 atom stereocenters. The maximum Gasteiger partial charge on any atom is 0.333 e. The van der Waals surface area contributed by atoms with Gasteiger partial charge in [0, 0.05) is 65.0 Å². The molecule has 0 unspecified atom stereocenters. The topological polar surface area (TPSA) is 83.5 Å². The average Bonchev–Trinajstić information content (AvgIpc) is 2.76. The van der Waals surface area contributed by atoms with Crippen LogP contribution < -0.4 is 0 Å². The van der Waals surface area contributed by atoms with Crippen molar-refractivity contribution < 1.29 is 33.6 Å². The van der Waals surface area contributed by atoms with Crippen LogP contribution in [0.1, 0.15) is 71.1 Å². The Morgan fingerprint density at radius 3 is 1.16 bits per heavy atom. The van der Waals surface area contributed by atoms with Gasteiger partial charge in [0.1, 0.15) is 0 Å². The van der Waals surface area contributed by atoms with Gasteiger partial charge in [-0.15, -0.1) is 0 Å². The molecular formula is C24H46O7. The molecule has 0 aromatic rings. The van der Waals surface area contributed by atoms with Crippen molar-refractivity contribution in [2.45, 2.75) is 71.1 Å². The molecule has 31 heavy (non-hydrogen) atoms. The van der Waals surface area contributed by atoms with Gasteiger partial charge in [-0.1, -0.05) is 6.58 Å². The summed E-state index contributed by atoms with van der Waals surface area (Å²) in [6.07, 6.45) is 9.57. The van der Waals surface area contributed by atoms with E-state index in [9.17, 15) is 4.79 Å². The fraction of sp³-hybridized carbons (Fsp3) is 0.875. The van der Waals surface area contributed by atoms with E-state index in [4.69, 9.17) is 28.8 Å². The lowest BCUT2D eigenvalue weighted by atomic mass is 10.3. The molecule has 0 rings (SSSR count). The van der Waals surface area contributed by atoms with Crippen LogP contribution in [0.4, 0.5) is 0 Å². The third kappa shape index (κ3) is 25.1. The summed E-state index contributed by atoms with van der Waals surface area (Å²) in [5, 5.41) is 8.66. The zero-order chi connectivity index (χ0) is 22.8. The molecule has 0 radical (unpaired) electrons. The zero-order valence-corrected chi connectivity index (χ0v) is 19.7. The Labute approximate surface area is 189 Å². The summed E-state index contributed by atoms with van der Waals surface area (Å²) in [4.78, 5) is 11.2. The minimum atomic E-state index is -0.322. The summed E-state index contributed by atoms with van der Waals surface area (Å²) in [7, 11) is 0. The normalized spacial score (nSPS) is 11.0. The number of hydrogen-bond acceptors (Lipinski definition) is 7. The molecule has 0 heterocycles. The first kappa shape index (κ1) is 30.0. The first-order chi connectivity index (χ1) is 15.2. The summed E-state index contributed by atoms with van der Waals surface area (Å²) in [6.45, 7) is 12.0. The molecule has 0 aliphatic rings. The van der Waals surface area contributed by atoms with Crippen LogP contribution in [0.3, 0.4) is 0 Å². The van der Waals surface area contributed by atoms with Crippen LogP contribution in [0.25, 0.3) is 0 Å². The van der Waals surface area contributed by atoms with E-state index < -0.39 is 0 Å². The molecule has 0 spiro atoms. The van der Waals surface area contributed by atoms with Crippen LogP contribution >= 0.6 is 0 Å². The number of unbranched alkanes of at least 4 members (excludes halogenated alkanes) is 5. The van der Waals surface area contributed by atoms with Crippen molar-refractivity contribution in [2.24, 2.45) is 0 Å². The van der Waals surface area contributed by atoms with Gasteiger partial charge in [0.2, 0.25) is 0 Å². The molecular weight excluding hydrogens is 400 g/mol. The smallest absolute Gasteiger partial charge is 0.333 e. The van der Waals surface area contributed by atoms with Gasteiger partial charge in [-0.05, 0) is 71.1 Å². The Balaban J connectivity index is 3.05. The number of ether oxygens (including phenoxy) is 5. The van der Waals surface area contributed by atoms with Crippen molar-refractivity contribution in [3.05, 3.63) is 12.2 Å². The van der Waals surface area contributed by atoms with Crippen molar-refractivity contribution in [1.82, 2.24) is 0 Å². The zero-order valence-electron chi connectivity index (χ0n) is 19.7. The first-order valence-corrected chi connectivity index (χ1v) is 11.9. The van der Waals surface area contributed by atoms with E-state index in [-0.39, 0.29) is 12.6 Å². The summed E-state index contributed by atoms with van der Waals surface area (Å²) in [5.74, 6) is -0.322. The molecule has 0 aliphatic carbocycles. The monoisotopic (exact) mass is 446 g/mol. The SMILES string of the molecule is C=C(C)C(=O)OCCCCOCCCCOCCCCOCCCCOCCCCO. The van der Waals surface area contributed by atoms with Crippen LogP contribution in [0.5, 0.6) is 0 Å². The maximum atomic E-state index is 11.2. The maximum absolute atomic E-state index is 11.2. The Kier molecular flexibility index (Phi) is 24.5. The number of aliphatic hydroxyl groups is 1. The van der Waals surface area contributed by atoms with Gasteiger partial charge in [-0.2, -0.15) is 0 Å². The van der Waals surface area contributed by atoms with Gasteiger partial charge in [-0.3, -0.25) is 0 Å². The lowest BCUT2D eigenvalue weighted by Crippen LogP contribution is -2.07. The lowest BCUT2D eigenvalue weighted by Gasteiger charge is -2.07. The molecule has 0 aromatic heterocycles. The average molecular weight is 447 g/mol. The molecule has 0 fully saturated rings. The highest BCUT2D eigenvalue weighted by molar-refractivity contribution is 5.86. The second kappa shape index (κ2) is 25.3. The largest absolute Gasteiger partial charge is 0.462 e. The molecule has 0 bridgehead atoms. The fourth-order valence-corrected chi connectivity index (χ4v) is 2.54. The van der Waals surface area contributed by atoms with Gasteiger partial charge in [-0.25, -0.2) is 4.79 Å². The molecule has 0 saturated heterocycles. The quantitative estimate of drug-likeness (QED) is 0.129. The standard InChI is InChI=1S/C24H46O7/c1-23(2)24(26)31-22-12-11-21-30-20-10-9-19-29-18-8-7-17-28-16-6-5-15-27-14-4-3-13-25/h25H,1,3-22H2,2H3. The Bertz CT molecular complexity index is 401. The molecule has 0 aromatic carbocycles. The van der Waals surface area contributed by atoms with Crippen LogP contribution in [-0.4, -0.2) is 77.1 Å². The highest BCUT2D eigenvalue weighted by Crippen LogP contribution is 2.00. The molecule has 0 amide bonds. The van der Waals surface area contributed by atoms with Crippen molar-refractivity contribution in [2.75, 3.05) is 66.1 Å². The van der Waals surface area contributed by atoms with Gasteiger partial charge in [0.25, 0.3) is 0 Å². The van der Waals surface area contributed by atoms with E-state index in [2.05, 4.69) is 6.58 Å². The van der Waals surface area contributed by atoms with Crippen LogP contribution in [0, 0.1) is 0 Å². The van der Waals surface area contributed by atoms with E-state index in [0.29, 0.717) is 18.8 Å².